The molecule has 0 N–H and O–H groups in total. The molecule has 0 aliphatic heterocycles. The molecule has 2 heteroatoms. The minimum absolute atomic E-state index is 0. The molecule has 2 unspecified atom stereocenters. The first kappa shape index (κ1) is 18.8. The van der Waals surface area contributed by atoms with E-state index in [1.54, 1.807) is 11.1 Å². The van der Waals surface area contributed by atoms with Gasteiger partial charge in [0.05, 0.1) is 0 Å². The summed E-state index contributed by atoms with van der Waals surface area (Å²) in [5.41, 5.74) is 5.89. The van der Waals surface area contributed by atoms with Crippen LogP contribution in [-0.2, 0) is 26.5 Å². The van der Waals surface area contributed by atoms with Crippen LogP contribution in [0, 0.1) is 23.8 Å². The molecule has 28 heavy (non-hydrogen) atoms. The molecule has 4 aliphatic carbocycles. The van der Waals surface area contributed by atoms with Gasteiger partial charge in [0.1, 0.15) is 0 Å². The predicted molar refractivity (Wildman–Crippen MR) is 112 cm³/mol. The molecule has 2 fully saturated rings. The van der Waals surface area contributed by atoms with Gasteiger partial charge in [0.25, 0.3) is 0 Å². The number of pyridine rings is 1. The molecule has 147 valence electrons. The summed E-state index contributed by atoms with van der Waals surface area (Å²) < 4.78 is 0. The van der Waals surface area contributed by atoms with Crippen molar-refractivity contribution in [1.82, 2.24) is 4.98 Å². The fraction of sp³-hybridized carbons (Fsp3) is 0.500. The van der Waals surface area contributed by atoms with E-state index < -0.39 is 0 Å². The molecule has 2 atom stereocenters. The monoisotopic (exact) mass is 547 g/mol. The number of rotatable bonds is 2. The maximum Gasteiger partial charge on any atom is 0.0199 e. The molecule has 7 rings (SSSR count). The van der Waals surface area contributed by atoms with Gasteiger partial charge in [-0.25, -0.2) is 0 Å². The van der Waals surface area contributed by atoms with Crippen molar-refractivity contribution in [2.45, 2.75) is 64.2 Å². The summed E-state index contributed by atoms with van der Waals surface area (Å²) in [6, 6.07) is 12.7. The molecule has 1 nitrogen and oxygen atoms in total. The Hall–Kier alpha value is -1.24. The smallest absolute Gasteiger partial charge is 0.0199 e. The van der Waals surface area contributed by atoms with Crippen molar-refractivity contribution in [2.24, 2.45) is 17.8 Å². The van der Waals surface area contributed by atoms with Gasteiger partial charge in [-0.2, -0.15) is 0 Å². The maximum absolute atomic E-state index is 5.05. The fourth-order valence-electron chi connectivity index (χ4n) is 6.77. The topological polar surface area (TPSA) is 12.9 Å². The van der Waals surface area contributed by atoms with Gasteiger partial charge >= 0.3 is 0 Å². The molecule has 1 heterocycles. The molecule has 1 radical (unpaired) electrons. The van der Waals surface area contributed by atoms with Gasteiger partial charge in [-0.05, 0) is 90.1 Å². The van der Waals surface area contributed by atoms with E-state index in [9.17, 15) is 0 Å². The van der Waals surface area contributed by atoms with Crippen molar-refractivity contribution in [1.29, 1.82) is 0 Å². The van der Waals surface area contributed by atoms with Crippen LogP contribution in [0.1, 0.15) is 74.5 Å². The fourth-order valence-corrected chi connectivity index (χ4v) is 6.77. The summed E-state index contributed by atoms with van der Waals surface area (Å²) >= 11 is 0. The Balaban J connectivity index is 0.00000171. The van der Waals surface area contributed by atoms with Gasteiger partial charge in [0, 0.05) is 26.3 Å². The van der Waals surface area contributed by atoms with Crippen molar-refractivity contribution in [2.75, 3.05) is 0 Å². The van der Waals surface area contributed by atoms with Gasteiger partial charge in [-0.3, -0.25) is 0 Å². The second-order valence-electron chi connectivity index (χ2n) is 9.92. The molecular weight excluding hydrogens is 519 g/mol. The first-order chi connectivity index (χ1) is 13.2. The van der Waals surface area contributed by atoms with Gasteiger partial charge in [0.2, 0.25) is 0 Å². The predicted octanol–water partition coefficient (Wildman–Crippen LogP) is 6.78. The average Bonchev–Trinajstić information content (AvgIpc) is 2.82. The molecule has 0 saturated heterocycles. The standard InChI is InChI=1S/C26H28N.Ir/c1-15(2)8-18-4-3-5-22-21(18)6-7-23-25-20-12-16-9-17(13-20)11-19(10-16)24(25)14-27-26(22)23;/h3-4,6-7,14-17,19-20H,8-13H2,1-2H3;/q-1;. The van der Waals surface area contributed by atoms with Crippen LogP contribution < -0.4 is 0 Å². The van der Waals surface area contributed by atoms with Gasteiger partial charge in [0.15, 0.2) is 0 Å². The quantitative estimate of drug-likeness (QED) is 0.255. The van der Waals surface area contributed by atoms with Crippen molar-refractivity contribution in [3.8, 4) is 0 Å². The number of aromatic nitrogens is 1. The van der Waals surface area contributed by atoms with E-state index in [-0.39, 0.29) is 20.1 Å². The van der Waals surface area contributed by atoms with E-state index in [0.29, 0.717) is 5.92 Å². The van der Waals surface area contributed by atoms with E-state index >= 15 is 0 Å². The van der Waals surface area contributed by atoms with E-state index in [1.807, 2.05) is 0 Å². The molecule has 0 spiro atoms. The number of hydrogen-bond donors (Lipinski definition) is 0. The van der Waals surface area contributed by atoms with Crippen LogP contribution in [0.3, 0.4) is 0 Å². The summed E-state index contributed by atoms with van der Waals surface area (Å²) in [6.07, 6.45) is 10.5. The summed E-state index contributed by atoms with van der Waals surface area (Å²) in [4.78, 5) is 5.05. The Labute approximate surface area is 181 Å². The molecule has 4 bridgehead atoms. The Morgan fingerprint density at radius 3 is 2.43 bits per heavy atom. The average molecular weight is 547 g/mol. The van der Waals surface area contributed by atoms with E-state index in [2.05, 4.69) is 50.4 Å². The summed E-state index contributed by atoms with van der Waals surface area (Å²) in [5.74, 6) is 4.11. The van der Waals surface area contributed by atoms with Gasteiger partial charge in [-0.15, -0.1) is 34.5 Å². The van der Waals surface area contributed by atoms with Crippen molar-refractivity contribution in [3.63, 3.8) is 0 Å². The normalized spacial score (nSPS) is 27.8. The zero-order chi connectivity index (χ0) is 18.1. The summed E-state index contributed by atoms with van der Waals surface area (Å²) in [5, 5.41) is 4.01. The summed E-state index contributed by atoms with van der Waals surface area (Å²) in [6.45, 7) is 4.60. The van der Waals surface area contributed by atoms with Crippen molar-refractivity contribution >= 4 is 21.7 Å². The van der Waals surface area contributed by atoms with Crippen molar-refractivity contribution in [3.05, 3.63) is 53.2 Å². The number of nitrogens with zero attached hydrogens (tertiary/aromatic N) is 1. The van der Waals surface area contributed by atoms with Crippen LogP contribution >= 0.6 is 0 Å². The van der Waals surface area contributed by atoms with Gasteiger partial charge in [-0.1, -0.05) is 26.0 Å². The molecule has 2 saturated carbocycles. The number of benzene rings is 2. The molecular formula is C26H28IrN-. The third kappa shape index (κ3) is 2.79. The van der Waals surface area contributed by atoms with Crippen LogP contribution in [-0.4, -0.2) is 4.98 Å². The van der Waals surface area contributed by atoms with Crippen LogP contribution in [0.5, 0.6) is 0 Å². The van der Waals surface area contributed by atoms with Crippen LogP contribution in [0.2, 0.25) is 0 Å². The van der Waals surface area contributed by atoms with Gasteiger partial charge < -0.3 is 4.98 Å². The molecule has 0 amide bonds. The number of fused-ring (bicyclic) bond motifs is 3. The first-order valence-electron chi connectivity index (χ1n) is 10.9. The van der Waals surface area contributed by atoms with Crippen LogP contribution in [0.4, 0.5) is 0 Å². The van der Waals surface area contributed by atoms with Crippen LogP contribution in [0.15, 0.2) is 30.5 Å². The van der Waals surface area contributed by atoms with E-state index in [1.165, 1.54) is 59.3 Å². The largest absolute Gasteiger partial charge is 0.304 e. The molecule has 1 aromatic heterocycles. The SMILES string of the molecule is CC(C)Cc1cc[c-]c2c1ccc1c3c(cnc12)C1CC2CC(C1)CC3C2.[Ir]. The molecule has 4 aliphatic rings. The van der Waals surface area contributed by atoms with E-state index in [4.69, 9.17) is 4.98 Å². The summed E-state index contributed by atoms with van der Waals surface area (Å²) in [7, 11) is 0. The number of hydrogen-bond acceptors (Lipinski definition) is 1. The third-order valence-corrected chi connectivity index (χ3v) is 7.58. The van der Waals surface area contributed by atoms with Crippen LogP contribution in [0.25, 0.3) is 21.7 Å². The van der Waals surface area contributed by atoms with Crippen molar-refractivity contribution < 1.29 is 20.1 Å². The Morgan fingerprint density at radius 1 is 0.964 bits per heavy atom. The zero-order valence-electron chi connectivity index (χ0n) is 16.8. The minimum atomic E-state index is 0. The zero-order valence-corrected chi connectivity index (χ0v) is 19.2. The molecule has 3 aromatic rings. The second-order valence-corrected chi connectivity index (χ2v) is 9.92. The maximum atomic E-state index is 5.05. The second kappa shape index (κ2) is 6.92. The molecule has 2 aromatic carbocycles. The minimum Gasteiger partial charge on any atom is -0.304 e. The Kier molecular flexibility index (Phi) is 4.64. The first-order valence-corrected chi connectivity index (χ1v) is 10.9. The third-order valence-electron chi connectivity index (χ3n) is 7.58. The van der Waals surface area contributed by atoms with E-state index in [0.717, 1.165) is 30.1 Å². The Morgan fingerprint density at radius 2 is 1.68 bits per heavy atom. The Bertz CT molecular complexity index is 1040.